The zero-order valence-corrected chi connectivity index (χ0v) is 12.0. The van der Waals surface area contributed by atoms with E-state index in [2.05, 4.69) is 14.2 Å². The van der Waals surface area contributed by atoms with Crippen molar-refractivity contribution in [3.63, 3.8) is 0 Å². The maximum atomic E-state index is 11.6. The van der Waals surface area contributed by atoms with E-state index in [1.165, 1.54) is 7.11 Å². The molecule has 1 aromatic rings. The first-order chi connectivity index (χ1) is 8.80. The van der Waals surface area contributed by atoms with E-state index in [1.54, 1.807) is 17.0 Å². The Kier molecular flexibility index (Phi) is 4.72. The molecule has 1 aromatic heterocycles. The van der Waals surface area contributed by atoms with Crippen molar-refractivity contribution in [3.05, 3.63) is 15.8 Å². The normalized spacial score (nSPS) is 10.7. The molecule has 1 rings (SSSR count). The minimum absolute atomic E-state index is 0.0632. The van der Waals surface area contributed by atoms with Crippen LogP contribution in [-0.2, 0) is 19.7 Å². The summed E-state index contributed by atoms with van der Waals surface area (Å²) >= 11 is 1.03. The molecule has 0 fully saturated rings. The highest BCUT2D eigenvalue weighted by atomic mass is 32.2. The first-order valence-corrected chi connectivity index (χ1v) is 7.22. The fraction of sp³-hybridized carbons (Fsp3) is 0.333. The maximum Gasteiger partial charge on any atom is 0.422 e. The van der Waals surface area contributed by atoms with Gasteiger partial charge in [-0.1, -0.05) is 0 Å². The summed E-state index contributed by atoms with van der Waals surface area (Å²) in [6.07, 6.45) is -1.14. The molecule has 8 nitrogen and oxygen atoms in total. The van der Waals surface area contributed by atoms with E-state index in [4.69, 9.17) is 0 Å². The predicted molar refractivity (Wildman–Crippen MR) is 68.5 cm³/mol. The Hall–Kier alpha value is -1.81. The monoisotopic (exact) mass is 308 g/mol. The predicted octanol–water partition coefficient (Wildman–Crippen LogP) is 0.856. The van der Waals surface area contributed by atoms with Crippen molar-refractivity contribution in [2.75, 3.05) is 18.9 Å². The Balaban J connectivity index is 3.02. The van der Waals surface area contributed by atoms with E-state index in [0.717, 1.165) is 18.4 Å². The fourth-order valence-electron chi connectivity index (χ4n) is 1.13. The van der Waals surface area contributed by atoms with Crippen molar-refractivity contribution in [1.82, 2.24) is 4.72 Å². The van der Waals surface area contributed by atoms with Gasteiger partial charge in [-0.3, -0.25) is 4.72 Å². The van der Waals surface area contributed by atoms with Crippen molar-refractivity contribution in [1.29, 1.82) is 0 Å². The summed E-state index contributed by atoms with van der Waals surface area (Å²) in [5.74, 6) is -0.672. The van der Waals surface area contributed by atoms with Crippen LogP contribution in [0.5, 0.6) is 0 Å². The van der Waals surface area contributed by atoms with Crippen molar-refractivity contribution in [3.8, 4) is 0 Å². The van der Waals surface area contributed by atoms with Crippen LogP contribution in [0.1, 0.15) is 15.2 Å². The number of nitrogens with one attached hydrogen (secondary N) is 2. The van der Waals surface area contributed by atoms with Gasteiger partial charge >= 0.3 is 22.3 Å². The van der Waals surface area contributed by atoms with Crippen molar-refractivity contribution in [2.24, 2.45) is 0 Å². The van der Waals surface area contributed by atoms with E-state index in [1.807, 2.05) is 0 Å². The zero-order valence-electron chi connectivity index (χ0n) is 10.3. The second-order valence-electron chi connectivity index (χ2n) is 3.31. The van der Waals surface area contributed by atoms with Gasteiger partial charge in [0.2, 0.25) is 0 Å². The number of aryl methyl sites for hydroxylation is 1. The highest BCUT2D eigenvalue weighted by molar-refractivity contribution is 7.91. The highest BCUT2D eigenvalue weighted by Crippen LogP contribution is 2.28. The Bertz CT molecular complexity index is 592. The summed E-state index contributed by atoms with van der Waals surface area (Å²) in [4.78, 5) is 22.4. The van der Waals surface area contributed by atoms with Crippen LogP contribution in [-0.4, -0.2) is 34.7 Å². The molecule has 0 saturated carbocycles. The van der Waals surface area contributed by atoms with Crippen molar-refractivity contribution < 1.29 is 27.5 Å². The number of thiophene rings is 1. The zero-order chi connectivity index (χ0) is 14.6. The molecule has 1 amide bonds. The van der Waals surface area contributed by atoms with Gasteiger partial charge in [0.1, 0.15) is 4.88 Å². The van der Waals surface area contributed by atoms with Crippen molar-refractivity contribution in [2.45, 2.75) is 6.92 Å². The van der Waals surface area contributed by atoms with Crippen LogP contribution in [0.4, 0.5) is 10.5 Å². The quantitative estimate of drug-likeness (QED) is 0.798. The molecule has 0 atom stereocenters. The third-order valence-corrected chi connectivity index (χ3v) is 3.97. The molecule has 10 heteroatoms. The van der Waals surface area contributed by atoms with Gasteiger partial charge in [-0.25, -0.2) is 14.3 Å². The van der Waals surface area contributed by atoms with Crippen molar-refractivity contribution >= 4 is 39.3 Å². The molecule has 0 saturated heterocycles. The van der Waals surface area contributed by atoms with Crippen LogP contribution >= 0.6 is 11.3 Å². The fourth-order valence-corrected chi connectivity index (χ4v) is 3.00. The van der Waals surface area contributed by atoms with E-state index in [0.29, 0.717) is 5.56 Å². The molecule has 0 unspecified atom stereocenters. The molecule has 2 N–H and O–H groups in total. The molecule has 0 aliphatic rings. The van der Waals surface area contributed by atoms with Gasteiger partial charge in [0.15, 0.2) is 0 Å². The average Bonchev–Trinajstić information content (AvgIpc) is 2.69. The maximum absolute atomic E-state index is 11.6. The lowest BCUT2D eigenvalue weighted by Crippen LogP contribution is -2.35. The molecule has 0 radical (unpaired) electrons. The lowest BCUT2D eigenvalue weighted by molar-refractivity contribution is 0.0607. The van der Waals surface area contributed by atoms with E-state index < -0.39 is 22.3 Å². The molecule has 106 valence electrons. The summed E-state index contributed by atoms with van der Waals surface area (Å²) in [5, 5.41) is 1.59. The largest absolute Gasteiger partial charge is 0.465 e. The third-order valence-electron chi connectivity index (χ3n) is 1.99. The number of ether oxygens (including phenoxy) is 2. The van der Waals surface area contributed by atoms with E-state index >= 15 is 0 Å². The number of methoxy groups -OCH3 is 2. The average molecular weight is 308 g/mol. The van der Waals surface area contributed by atoms with Gasteiger partial charge in [0.05, 0.1) is 19.9 Å². The van der Waals surface area contributed by atoms with Crippen LogP contribution in [0.25, 0.3) is 0 Å². The van der Waals surface area contributed by atoms with Gasteiger partial charge in [-0.05, 0) is 17.9 Å². The third kappa shape index (κ3) is 3.83. The molecule has 0 bridgehead atoms. The summed E-state index contributed by atoms with van der Waals surface area (Å²) in [7, 11) is -1.97. The molecule has 0 aliphatic heterocycles. The number of amides is 1. The second kappa shape index (κ2) is 5.89. The van der Waals surface area contributed by atoms with Gasteiger partial charge in [0, 0.05) is 0 Å². The molecular weight excluding hydrogens is 296 g/mol. The second-order valence-corrected chi connectivity index (χ2v) is 5.61. The van der Waals surface area contributed by atoms with Crippen LogP contribution in [0.15, 0.2) is 5.38 Å². The number of esters is 1. The molecule has 0 aromatic carbocycles. The lowest BCUT2D eigenvalue weighted by atomic mass is 10.3. The van der Waals surface area contributed by atoms with Gasteiger partial charge in [-0.15, -0.1) is 11.3 Å². The Morgan fingerprint density at radius 2 is 1.89 bits per heavy atom. The first-order valence-electron chi connectivity index (χ1n) is 4.85. The molecule has 1 heterocycles. The van der Waals surface area contributed by atoms with E-state index in [-0.39, 0.29) is 10.6 Å². The number of carbonyl (C=O) groups is 2. The van der Waals surface area contributed by atoms with Crippen LogP contribution in [0.2, 0.25) is 0 Å². The highest BCUT2D eigenvalue weighted by Gasteiger charge is 2.22. The van der Waals surface area contributed by atoms with Crippen LogP contribution in [0.3, 0.4) is 0 Å². The standard InChI is InChI=1S/C9H12N2O6S2/c1-5-4-18-7(8(12)16-2)6(5)10-19(14,15)11-9(13)17-3/h4,10H,1-3H3,(H,11,13). The van der Waals surface area contributed by atoms with Gasteiger partial charge in [-0.2, -0.15) is 8.42 Å². The summed E-state index contributed by atoms with van der Waals surface area (Å²) in [6.45, 7) is 1.61. The molecule has 19 heavy (non-hydrogen) atoms. The number of anilines is 1. The number of rotatable bonds is 4. The molecule has 0 spiro atoms. The minimum Gasteiger partial charge on any atom is -0.465 e. The number of carbonyl (C=O) groups excluding carboxylic acids is 2. The van der Waals surface area contributed by atoms with Gasteiger partial charge < -0.3 is 9.47 Å². The molecular formula is C9H12N2O6S2. The minimum atomic E-state index is -4.18. The topological polar surface area (TPSA) is 111 Å². The van der Waals surface area contributed by atoms with E-state index in [9.17, 15) is 18.0 Å². The first kappa shape index (κ1) is 15.2. The Morgan fingerprint density at radius 1 is 1.26 bits per heavy atom. The SMILES string of the molecule is COC(=O)NS(=O)(=O)Nc1c(C)csc1C(=O)OC. The Labute approximate surface area is 113 Å². The molecule has 0 aliphatic carbocycles. The smallest absolute Gasteiger partial charge is 0.422 e. The summed E-state index contributed by atoms with van der Waals surface area (Å²) < 4.78 is 35.6. The lowest BCUT2D eigenvalue weighted by Gasteiger charge is -2.09. The van der Waals surface area contributed by atoms with Crippen LogP contribution < -0.4 is 9.44 Å². The number of hydrogen-bond donors (Lipinski definition) is 2. The Morgan fingerprint density at radius 3 is 2.42 bits per heavy atom. The summed E-state index contributed by atoms with van der Waals surface area (Å²) in [6, 6.07) is 0. The summed E-state index contributed by atoms with van der Waals surface area (Å²) in [5.41, 5.74) is 0.592. The van der Waals surface area contributed by atoms with Crippen LogP contribution in [0, 0.1) is 6.92 Å². The van der Waals surface area contributed by atoms with Gasteiger partial charge in [0.25, 0.3) is 0 Å². The number of hydrogen-bond acceptors (Lipinski definition) is 7.